The second kappa shape index (κ2) is 8.63. The quantitative estimate of drug-likeness (QED) is 0.622. The van der Waals surface area contributed by atoms with Crippen molar-refractivity contribution in [2.45, 2.75) is 13.0 Å². The molecule has 0 saturated carbocycles. The van der Waals surface area contributed by atoms with Gasteiger partial charge < -0.3 is 10.1 Å². The number of carbonyl (C=O) groups excluding carboxylic acids is 2. The van der Waals surface area contributed by atoms with E-state index in [0.717, 1.165) is 5.56 Å². The summed E-state index contributed by atoms with van der Waals surface area (Å²) >= 11 is 1.19. The maximum absolute atomic E-state index is 12.8. The first-order chi connectivity index (χ1) is 13.5. The molecular formula is C21H19N3O3S. The zero-order valence-corrected chi connectivity index (χ0v) is 16.3. The fourth-order valence-corrected chi connectivity index (χ4v) is 3.85. The summed E-state index contributed by atoms with van der Waals surface area (Å²) in [5.74, 6) is 0.147. The number of thioether (sulfide) groups is 1. The van der Waals surface area contributed by atoms with E-state index in [0.29, 0.717) is 16.5 Å². The van der Waals surface area contributed by atoms with Crippen LogP contribution in [0.1, 0.15) is 18.5 Å². The number of methoxy groups -OCH3 is 1. The monoisotopic (exact) mass is 393 g/mol. The molecule has 1 fully saturated rings. The molecule has 1 atom stereocenters. The van der Waals surface area contributed by atoms with Crippen LogP contribution in [-0.4, -0.2) is 24.7 Å². The van der Waals surface area contributed by atoms with Crippen LogP contribution in [0.5, 0.6) is 5.75 Å². The molecule has 0 aliphatic carbocycles. The SMILES string of the molecule is COc1ccc(N2C(=O)CS/C2=C(/C#N)C(=O)NC(C)c2ccccc2)cc1. The highest BCUT2D eigenvalue weighted by molar-refractivity contribution is 8.04. The lowest BCUT2D eigenvalue weighted by Gasteiger charge is -2.20. The topological polar surface area (TPSA) is 82.4 Å². The summed E-state index contributed by atoms with van der Waals surface area (Å²) in [5, 5.41) is 12.8. The van der Waals surface area contributed by atoms with Crippen LogP contribution < -0.4 is 15.0 Å². The van der Waals surface area contributed by atoms with Gasteiger partial charge in [-0.1, -0.05) is 42.1 Å². The number of nitriles is 1. The highest BCUT2D eigenvalue weighted by Crippen LogP contribution is 2.36. The molecule has 28 heavy (non-hydrogen) atoms. The Kier molecular flexibility index (Phi) is 6.02. The predicted octanol–water partition coefficient (Wildman–Crippen LogP) is 3.39. The number of amides is 2. The van der Waals surface area contributed by atoms with Gasteiger partial charge in [0.2, 0.25) is 5.91 Å². The van der Waals surface area contributed by atoms with Crippen LogP contribution in [0, 0.1) is 11.3 Å². The molecule has 1 N–H and O–H groups in total. The van der Waals surface area contributed by atoms with Gasteiger partial charge in [-0.25, -0.2) is 0 Å². The van der Waals surface area contributed by atoms with E-state index in [2.05, 4.69) is 5.32 Å². The van der Waals surface area contributed by atoms with Crippen LogP contribution >= 0.6 is 11.8 Å². The Labute approximate surface area is 167 Å². The van der Waals surface area contributed by atoms with Crippen molar-refractivity contribution in [3.8, 4) is 11.8 Å². The summed E-state index contributed by atoms with van der Waals surface area (Å²) in [6, 6.07) is 18.1. The molecule has 1 saturated heterocycles. The maximum Gasteiger partial charge on any atom is 0.265 e. The number of rotatable bonds is 5. The van der Waals surface area contributed by atoms with Gasteiger partial charge in [-0.05, 0) is 36.8 Å². The molecule has 3 rings (SSSR count). The van der Waals surface area contributed by atoms with Crippen LogP contribution in [0.4, 0.5) is 5.69 Å². The summed E-state index contributed by atoms with van der Waals surface area (Å²) in [5.41, 5.74) is 1.44. The van der Waals surface area contributed by atoms with Gasteiger partial charge in [0, 0.05) is 5.69 Å². The van der Waals surface area contributed by atoms with E-state index in [1.807, 2.05) is 43.3 Å². The smallest absolute Gasteiger partial charge is 0.265 e. The number of ether oxygens (including phenoxy) is 1. The van der Waals surface area contributed by atoms with Gasteiger partial charge in [0.1, 0.15) is 22.4 Å². The van der Waals surface area contributed by atoms with E-state index in [1.54, 1.807) is 31.4 Å². The van der Waals surface area contributed by atoms with Crippen LogP contribution in [0.15, 0.2) is 65.2 Å². The molecule has 7 heteroatoms. The largest absolute Gasteiger partial charge is 0.497 e. The molecule has 2 aromatic carbocycles. The van der Waals surface area contributed by atoms with E-state index in [-0.39, 0.29) is 23.3 Å². The number of hydrogen-bond acceptors (Lipinski definition) is 5. The summed E-state index contributed by atoms with van der Waals surface area (Å²) in [7, 11) is 1.56. The van der Waals surface area contributed by atoms with Gasteiger partial charge in [0.05, 0.1) is 18.9 Å². The lowest BCUT2D eigenvalue weighted by molar-refractivity contribution is -0.117. The second-order valence-electron chi connectivity index (χ2n) is 6.11. The second-order valence-corrected chi connectivity index (χ2v) is 7.08. The highest BCUT2D eigenvalue weighted by Gasteiger charge is 2.33. The molecule has 6 nitrogen and oxygen atoms in total. The highest BCUT2D eigenvalue weighted by atomic mass is 32.2. The van der Waals surface area contributed by atoms with E-state index in [1.165, 1.54) is 16.7 Å². The lowest BCUT2D eigenvalue weighted by Crippen LogP contribution is -2.31. The molecule has 142 valence electrons. The number of benzene rings is 2. The molecule has 2 aromatic rings. The standard InChI is InChI=1S/C21H19N3O3S/c1-14(15-6-4-3-5-7-15)23-20(26)18(12-22)21-24(19(25)13-28-21)16-8-10-17(27-2)11-9-16/h3-11,14H,13H2,1-2H3,(H,23,26)/b21-18-. The van der Waals surface area contributed by atoms with Crippen molar-refractivity contribution in [1.82, 2.24) is 5.32 Å². The molecule has 1 unspecified atom stereocenters. The number of carbonyl (C=O) groups is 2. The van der Waals surface area contributed by atoms with Crippen LogP contribution in [0.2, 0.25) is 0 Å². The molecule has 1 aliphatic rings. The zero-order valence-electron chi connectivity index (χ0n) is 15.5. The number of nitrogens with one attached hydrogen (secondary N) is 1. The van der Waals surface area contributed by atoms with Crippen molar-refractivity contribution in [3.05, 3.63) is 70.8 Å². The first-order valence-electron chi connectivity index (χ1n) is 8.65. The van der Waals surface area contributed by atoms with Gasteiger partial charge >= 0.3 is 0 Å². The summed E-state index contributed by atoms with van der Waals surface area (Å²) in [4.78, 5) is 26.6. The lowest BCUT2D eigenvalue weighted by atomic mass is 10.1. The van der Waals surface area contributed by atoms with Gasteiger partial charge in [0.25, 0.3) is 5.91 Å². The first kappa shape index (κ1) is 19.5. The Balaban J connectivity index is 1.89. The van der Waals surface area contributed by atoms with Gasteiger partial charge in [-0.15, -0.1) is 0 Å². The number of hydrogen-bond donors (Lipinski definition) is 1. The fraction of sp³-hybridized carbons (Fsp3) is 0.190. The van der Waals surface area contributed by atoms with Crippen molar-refractivity contribution < 1.29 is 14.3 Å². The Bertz CT molecular complexity index is 949. The van der Waals surface area contributed by atoms with Crippen LogP contribution in [0.25, 0.3) is 0 Å². The predicted molar refractivity (Wildman–Crippen MR) is 109 cm³/mol. The minimum atomic E-state index is -0.505. The molecule has 0 bridgehead atoms. The van der Waals surface area contributed by atoms with Crippen molar-refractivity contribution in [2.75, 3.05) is 17.8 Å². The third-order valence-corrected chi connectivity index (χ3v) is 5.37. The molecular weight excluding hydrogens is 374 g/mol. The van der Waals surface area contributed by atoms with Gasteiger partial charge in [0.15, 0.2) is 0 Å². The Morgan fingerprint density at radius 2 is 1.89 bits per heavy atom. The summed E-state index contributed by atoms with van der Waals surface area (Å²) in [6.07, 6.45) is 0. The first-order valence-corrected chi connectivity index (χ1v) is 9.63. The molecule has 2 amide bonds. The summed E-state index contributed by atoms with van der Waals surface area (Å²) in [6.45, 7) is 1.85. The minimum absolute atomic E-state index is 0.0746. The number of anilines is 1. The minimum Gasteiger partial charge on any atom is -0.497 e. The third kappa shape index (κ3) is 4.02. The normalized spacial score (nSPS) is 16.3. The van der Waals surface area contributed by atoms with Crippen molar-refractivity contribution in [2.24, 2.45) is 0 Å². The fourth-order valence-electron chi connectivity index (χ4n) is 2.84. The average molecular weight is 393 g/mol. The molecule has 1 aliphatic heterocycles. The Morgan fingerprint density at radius 1 is 1.21 bits per heavy atom. The molecule has 0 spiro atoms. The number of nitrogens with zero attached hydrogens (tertiary/aromatic N) is 2. The Morgan fingerprint density at radius 3 is 2.50 bits per heavy atom. The van der Waals surface area contributed by atoms with E-state index in [4.69, 9.17) is 4.74 Å². The van der Waals surface area contributed by atoms with Crippen LogP contribution in [0.3, 0.4) is 0 Å². The average Bonchev–Trinajstić information content (AvgIpc) is 3.10. The van der Waals surface area contributed by atoms with Gasteiger partial charge in [-0.2, -0.15) is 5.26 Å². The van der Waals surface area contributed by atoms with E-state index >= 15 is 0 Å². The van der Waals surface area contributed by atoms with Gasteiger partial charge in [-0.3, -0.25) is 14.5 Å². The van der Waals surface area contributed by atoms with Crippen molar-refractivity contribution in [1.29, 1.82) is 5.26 Å². The Hall–Kier alpha value is -3.24. The van der Waals surface area contributed by atoms with E-state index in [9.17, 15) is 14.9 Å². The third-order valence-electron chi connectivity index (χ3n) is 4.32. The molecule has 0 aromatic heterocycles. The van der Waals surface area contributed by atoms with Crippen molar-refractivity contribution in [3.63, 3.8) is 0 Å². The summed E-state index contributed by atoms with van der Waals surface area (Å²) < 4.78 is 5.14. The molecule has 1 heterocycles. The molecule has 0 radical (unpaired) electrons. The zero-order chi connectivity index (χ0) is 20.1. The van der Waals surface area contributed by atoms with Crippen LogP contribution in [-0.2, 0) is 9.59 Å². The van der Waals surface area contributed by atoms with Crippen molar-refractivity contribution >= 4 is 29.3 Å². The maximum atomic E-state index is 12.8. The van der Waals surface area contributed by atoms with E-state index < -0.39 is 5.91 Å².